The Balaban J connectivity index is -0.0000000593. The zero-order valence-electron chi connectivity index (χ0n) is 13.4. The second-order valence-corrected chi connectivity index (χ2v) is 2.83. The van der Waals surface area contributed by atoms with Gasteiger partial charge in [-0.1, -0.05) is 32.4 Å². The highest BCUT2D eigenvalue weighted by atomic mass is 16.2. The molecule has 0 atom stereocenters. The number of carbonyl (C=O) groups excluding carboxylic acids is 4. The van der Waals surface area contributed by atoms with Crippen molar-refractivity contribution < 1.29 is 19.2 Å². The molecule has 0 aromatic heterocycles. The van der Waals surface area contributed by atoms with Gasteiger partial charge in [0.25, 0.3) is 0 Å². The minimum atomic E-state index is -0.481. The van der Waals surface area contributed by atoms with E-state index in [2.05, 4.69) is 55.8 Å². The second kappa shape index (κ2) is 31.1. The zero-order chi connectivity index (χ0) is 19.8. The number of hydrogen-bond acceptors (Lipinski definition) is 4. The standard InChI is InChI=1S/4C3H5NO.C3H6/c4*1-2-3(4)5;1-3-2/h4*2H,1H2,(H2,4,5);3H,1H2,2H3. The Bertz CT molecular complexity index is 344. The summed E-state index contributed by atoms with van der Waals surface area (Å²) in [5, 5.41) is 0. The summed E-state index contributed by atoms with van der Waals surface area (Å²) in [6.07, 6.45) is 5.97. The topological polar surface area (TPSA) is 172 Å². The van der Waals surface area contributed by atoms with Crippen LogP contribution in [0, 0.1) is 0 Å². The summed E-state index contributed by atoms with van der Waals surface area (Å²) in [5.41, 5.74) is 18.1. The summed E-state index contributed by atoms with van der Waals surface area (Å²) in [6.45, 7) is 17.6. The lowest BCUT2D eigenvalue weighted by Crippen LogP contribution is -2.04. The molecule has 0 spiro atoms. The monoisotopic (exact) mass is 326 g/mol. The first-order valence-electron chi connectivity index (χ1n) is 5.74. The van der Waals surface area contributed by atoms with Crippen LogP contribution < -0.4 is 22.9 Å². The Kier molecular flexibility index (Phi) is 43.0. The molecule has 0 aromatic carbocycles. The third kappa shape index (κ3) is 243. The molecule has 0 bridgehead atoms. The Morgan fingerprint density at radius 3 is 0.609 bits per heavy atom. The molecule has 0 radical (unpaired) electrons. The number of hydrogen-bond donors (Lipinski definition) is 4. The minimum absolute atomic E-state index is 0.481. The van der Waals surface area contributed by atoms with Crippen LogP contribution in [0.3, 0.4) is 0 Å². The normalized spacial score (nSPS) is 6.13. The molecular formula is C15H26N4O4. The van der Waals surface area contributed by atoms with Crippen LogP contribution in [0.2, 0.25) is 0 Å². The van der Waals surface area contributed by atoms with E-state index in [9.17, 15) is 19.2 Å². The summed E-state index contributed by atoms with van der Waals surface area (Å²) in [5.74, 6) is -1.93. The lowest BCUT2D eigenvalue weighted by atomic mass is 10.6. The smallest absolute Gasteiger partial charge is 0.240 e. The highest BCUT2D eigenvalue weighted by molar-refractivity contribution is 5.85. The van der Waals surface area contributed by atoms with Gasteiger partial charge in [-0.05, 0) is 31.2 Å². The second-order valence-electron chi connectivity index (χ2n) is 2.83. The quantitative estimate of drug-likeness (QED) is 0.415. The van der Waals surface area contributed by atoms with E-state index in [4.69, 9.17) is 0 Å². The van der Waals surface area contributed by atoms with Crippen molar-refractivity contribution in [2.75, 3.05) is 0 Å². The zero-order valence-corrected chi connectivity index (χ0v) is 13.4. The van der Waals surface area contributed by atoms with Gasteiger partial charge in [-0.2, -0.15) is 0 Å². The third-order valence-electron chi connectivity index (χ3n) is 0.805. The van der Waals surface area contributed by atoms with Crippen molar-refractivity contribution in [1.29, 1.82) is 0 Å². The lowest BCUT2D eigenvalue weighted by Gasteiger charge is -1.65. The predicted octanol–water partition coefficient (Wildman–Crippen LogP) is -0.177. The van der Waals surface area contributed by atoms with Gasteiger partial charge in [-0.25, -0.2) is 0 Å². The van der Waals surface area contributed by atoms with Crippen LogP contribution in [-0.4, -0.2) is 23.6 Å². The summed E-state index contributed by atoms with van der Waals surface area (Å²) >= 11 is 0. The van der Waals surface area contributed by atoms with E-state index in [1.165, 1.54) is 0 Å². The molecule has 0 aromatic rings. The number of amides is 4. The average molecular weight is 326 g/mol. The van der Waals surface area contributed by atoms with E-state index in [0.29, 0.717) is 0 Å². The number of carbonyl (C=O) groups is 4. The maximum atomic E-state index is 9.47. The highest BCUT2D eigenvalue weighted by Gasteiger charge is 1.70. The molecular weight excluding hydrogens is 300 g/mol. The van der Waals surface area contributed by atoms with Crippen molar-refractivity contribution in [3.8, 4) is 0 Å². The molecule has 0 saturated heterocycles. The molecule has 4 amide bonds. The third-order valence-corrected chi connectivity index (χ3v) is 0.805. The Morgan fingerprint density at radius 2 is 0.609 bits per heavy atom. The molecule has 0 fully saturated rings. The maximum Gasteiger partial charge on any atom is 0.240 e. The van der Waals surface area contributed by atoms with Gasteiger partial charge in [0.05, 0.1) is 0 Å². The summed E-state index contributed by atoms with van der Waals surface area (Å²) in [7, 11) is 0. The van der Waals surface area contributed by atoms with Crippen LogP contribution in [0.15, 0.2) is 63.3 Å². The summed E-state index contributed by atoms with van der Waals surface area (Å²) in [6, 6.07) is 0. The SMILES string of the molecule is C=CC.C=CC(N)=O.C=CC(N)=O.C=CC(N)=O.C=CC(N)=O. The Labute approximate surface area is 136 Å². The molecule has 0 saturated carbocycles. The first kappa shape index (κ1) is 31.8. The first-order valence-corrected chi connectivity index (χ1v) is 5.74. The van der Waals surface area contributed by atoms with Gasteiger partial charge < -0.3 is 22.9 Å². The van der Waals surface area contributed by atoms with Crippen LogP contribution in [0.4, 0.5) is 0 Å². The van der Waals surface area contributed by atoms with E-state index in [1.807, 2.05) is 6.92 Å². The largest absolute Gasteiger partial charge is 0.366 e. The van der Waals surface area contributed by atoms with Crippen molar-refractivity contribution in [2.24, 2.45) is 22.9 Å². The first-order chi connectivity index (χ1) is 10.5. The molecule has 0 heterocycles. The van der Waals surface area contributed by atoms with Crippen LogP contribution in [0.1, 0.15) is 6.92 Å². The van der Waals surface area contributed by atoms with E-state index in [-0.39, 0.29) is 0 Å². The van der Waals surface area contributed by atoms with Gasteiger partial charge in [-0.15, -0.1) is 6.58 Å². The van der Waals surface area contributed by atoms with Gasteiger partial charge >= 0.3 is 0 Å². The van der Waals surface area contributed by atoms with Gasteiger partial charge in [0, 0.05) is 0 Å². The maximum absolute atomic E-state index is 9.47. The molecule has 130 valence electrons. The molecule has 8 heteroatoms. The number of primary amides is 4. The summed E-state index contributed by atoms with van der Waals surface area (Å²) < 4.78 is 0. The highest BCUT2D eigenvalue weighted by Crippen LogP contribution is 1.50. The molecule has 0 aliphatic rings. The van der Waals surface area contributed by atoms with E-state index >= 15 is 0 Å². The van der Waals surface area contributed by atoms with Crippen LogP contribution >= 0.6 is 0 Å². The average Bonchev–Trinajstić information content (AvgIpc) is 2.49. The minimum Gasteiger partial charge on any atom is -0.366 e. The van der Waals surface area contributed by atoms with E-state index in [1.54, 1.807) is 6.08 Å². The molecule has 8 nitrogen and oxygen atoms in total. The number of rotatable bonds is 4. The molecule has 23 heavy (non-hydrogen) atoms. The van der Waals surface area contributed by atoms with Crippen molar-refractivity contribution >= 4 is 23.6 Å². The summed E-state index contributed by atoms with van der Waals surface area (Å²) in [4.78, 5) is 37.9. The van der Waals surface area contributed by atoms with Crippen molar-refractivity contribution in [3.05, 3.63) is 63.3 Å². The molecule has 0 rings (SSSR count). The Hall–Kier alpha value is -3.42. The van der Waals surface area contributed by atoms with Crippen LogP contribution in [-0.2, 0) is 19.2 Å². The van der Waals surface area contributed by atoms with E-state index < -0.39 is 23.6 Å². The molecule has 0 aliphatic carbocycles. The van der Waals surface area contributed by atoms with Crippen molar-refractivity contribution in [2.45, 2.75) is 6.92 Å². The van der Waals surface area contributed by atoms with Crippen LogP contribution in [0.25, 0.3) is 0 Å². The van der Waals surface area contributed by atoms with Crippen molar-refractivity contribution in [3.63, 3.8) is 0 Å². The molecule has 0 unspecified atom stereocenters. The lowest BCUT2D eigenvalue weighted by molar-refractivity contribution is -0.114. The van der Waals surface area contributed by atoms with Gasteiger partial charge in [0.2, 0.25) is 23.6 Å². The van der Waals surface area contributed by atoms with Crippen LogP contribution in [0.5, 0.6) is 0 Å². The fourth-order valence-corrected chi connectivity index (χ4v) is 0. The number of allylic oxidation sites excluding steroid dienone is 1. The van der Waals surface area contributed by atoms with E-state index in [0.717, 1.165) is 24.3 Å². The van der Waals surface area contributed by atoms with Gasteiger partial charge in [0.15, 0.2) is 0 Å². The predicted molar refractivity (Wildman–Crippen MR) is 93.4 cm³/mol. The number of nitrogens with two attached hydrogens (primary N) is 4. The Morgan fingerprint density at radius 1 is 0.565 bits per heavy atom. The van der Waals surface area contributed by atoms with Gasteiger partial charge in [0.1, 0.15) is 0 Å². The fourth-order valence-electron chi connectivity index (χ4n) is 0. The van der Waals surface area contributed by atoms with Crippen molar-refractivity contribution in [1.82, 2.24) is 0 Å². The van der Waals surface area contributed by atoms with Gasteiger partial charge in [-0.3, -0.25) is 19.2 Å². The molecule has 0 aliphatic heterocycles. The molecule has 8 N–H and O–H groups in total. The fraction of sp³-hybridized carbons (Fsp3) is 0.0667.